The van der Waals surface area contributed by atoms with Gasteiger partial charge in [-0.15, -0.1) is 0 Å². The molecule has 1 aliphatic heterocycles. The van der Waals surface area contributed by atoms with E-state index in [0.717, 1.165) is 26.1 Å². The Hall–Kier alpha value is -1.85. The van der Waals surface area contributed by atoms with E-state index in [2.05, 4.69) is 52.9 Å². The van der Waals surface area contributed by atoms with Crippen molar-refractivity contribution in [3.63, 3.8) is 0 Å². The minimum absolute atomic E-state index is 0.196. The first-order valence-corrected chi connectivity index (χ1v) is 11.6. The molecule has 0 bridgehead atoms. The van der Waals surface area contributed by atoms with Crippen molar-refractivity contribution in [2.24, 2.45) is 11.8 Å². The molecule has 1 saturated heterocycles. The Morgan fingerprint density at radius 2 is 1.93 bits per heavy atom. The number of likely N-dealkylation sites (tertiary alicyclic amines) is 1. The maximum atomic E-state index is 11.6. The molecule has 27 heavy (non-hydrogen) atoms. The van der Waals surface area contributed by atoms with Crippen LogP contribution in [0.3, 0.4) is 0 Å². The minimum Gasteiger partial charge on any atom is -0.302 e. The first-order chi connectivity index (χ1) is 12.9. The van der Waals surface area contributed by atoms with E-state index in [1.54, 1.807) is 0 Å². The second kappa shape index (κ2) is 6.95. The van der Waals surface area contributed by atoms with Gasteiger partial charge in [0.25, 0.3) is 0 Å². The lowest BCUT2D eigenvalue weighted by molar-refractivity contribution is 0.277. The van der Waals surface area contributed by atoms with Gasteiger partial charge in [0, 0.05) is 24.2 Å². The Morgan fingerprint density at radius 1 is 1.15 bits per heavy atom. The van der Waals surface area contributed by atoms with E-state index in [1.807, 2.05) is 18.2 Å². The molecule has 1 N–H and O–H groups in total. The van der Waals surface area contributed by atoms with Crippen molar-refractivity contribution in [1.82, 2.24) is 4.90 Å². The zero-order valence-corrected chi connectivity index (χ0v) is 16.9. The van der Waals surface area contributed by atoms with Gasteiger partial charge in [0.2, 0.25) is 10.0 Å². The Kier molecular flexibility index (Phi) is 4.77. The number of hydrogen-bond donors (Lipinski definition) is 1. The number of aryl methyl sites for hydroxylation is 1. The van der Waals surface area contributed by atoms with Crippen molar-refractivity contribution in [1.29, 1.82) is 0 Å². The van der Waals surface area contributed by atoms with Crippen LogP contribution in [-0.4, -0.2) is 39.2 Å². The van der Waals surface area contributed by atoms with Gasteiger partial charge in [0.1, 0.15) is 0 Å². The number of sulfonamides is 1. The van der Waals surface area contributed by atoms with Gasteiger partial charge in [-0.05, 0) is 54.5 Å². The second-order valence-electron chi connectivity index (χ2n) is 8.21. The molecule has 1 saturated carbocycles. The third-order valence-electron chi connectivity index (χ3n) is 6.39. The quantitative estimate of drug-likeness (QED) is 0.795. The van der Waals surface area contributed by atoms with Crippen LogP contribution in [0.15, 0.2) is 54.6 Å². The standard InChI is InChI=1S/C22H28N2O2S/c1-17-21-15-24(13-7-10-18-8-4-3-5-9-18)16-22(17,21)19-11-6-12-20(14-19)23-27(2,25)26/h3-6,8-9,11-12,14,17,21,23H,7,10,13,15-16H2,1-2H3. The highest BCUT2D eigenvalue weighted by Crippen LogP contribution is 2.64. The van der Waals surface area contributed by atoms with Crippen LogP contribution in [0.1, 0.15) is 24.5 Å². The van der Waals surface area contributed by atoms with Gasteiger partial charge in [-0.25, -0.2) is 8.42 Å². The van der Waals surface area contributed by atoms with Crippen molar-refractivity contribution in [2.75, 3.05) is 30.6 Å². The van der Waals surface area contributed by atoms with Crippen LogP contribution >= 0.6 is 0 Å². The van der Waals surface area contributed by atoms with Gasteiger partial charge in [-0.3, -0.25) is 4.72 Å². The van der Waals surface area contributed by atoms with Gasteiger partial charge in [-0.2, -0.15) is 0 Å². The van der Waals surface area contributed by atoms with Gasteiger partial charge in [0.15, 0.2) is 0 Å². The predicted molar refractivity (Wildman–Crippen MR) is 110 cm³/mol. The molecule has 4 rings (SSSR count). The summed E-state index contributed by atoms with van der Waals surface area (Å²) in [5.41, 5.74) is 3.55. The van der Waals surface area contributed by atoms with Gasteiger partial charge < -0.3 is 4.90 Å². The molecule has 1 heterocycles. The molecule has 2 fully saturated rings. The molecule has 144 valence electrons. The van der Waals surface area contributed by atoms with Crippen LogP contribution in [0.4, 0.5) is 5.69 Å². The van der Waals surface area contributed by atoms with Crippen LogP contribution in [0, 0.1) is 11.8 Å². The van der Waals surface area contributed by atoms with Crippen LogP contribution in [0.25, 0.3) is 0 Å². The highest BCUT2D eigenvalue weighted by molar-refractivity contribution is 7.92. The first-order valence-electron chi connectivity index (χ1n) is 9.73. The maximum absolute atomic E-state index is 11.6. The van der Waals surface area contributed by atoms with Gasteiger partial charge >= 0.3 is 0 Å². The average molecular weight is 385 g/mol. The molecule has 0 radical (unpaired) electrons. The summed E-state index contributed by atoms with van der Waals surface area (Å²) in [6.07, 6.45) is 3.50. The number of hydrogen-bond acceptors (Lipinski definition) is 3. The summed E-state index contributed by atoms with van der Waals surface area (Å²) >= 11 is 0. The Labute approximate surface area is 162 Å². The van der Waals surface area contributed by atoms with Crippen LogP contribution in [0.2, 0.25) is 0 Å². The summed E-state index contributed by atoms with van der Waals surface area (Å²) in [5.74, 6) is 1.35. The average Bonchev–Trinajstić information content (AvgIpc) is 3.00. The molecule has 0 spiro atoms. The van der Waals surface area contributed by atoms with E-state index in [1.165, 1.54) is 23.8 Å². The smallest absolute Gasteiger partial charge is 0.229 e. The SMILES string of the molecule is CC1C2CN(CCCc3ccccc3)CC12c1cccc(NS(C)(=O)=O)c1. The molecule has 1 aliphatic carbocycles. The Balaban J connectivity index is 1.41. The molecule has 2 aromatic carbocycles. The first kappa shape index (κ1) is 18.5. The highest BCUT2D eigenvalue weighted by Gasteiger charge is 2.66. The van der Waals surface area contributed by atoms with Crippen molar-refractivity contribution >= 4 is 15.7 Å². The number of rotatable bonds is 7. The number of piperidine rings is 1. The second-order valence-corrected chi connectivity index (χ2v) is 9.96. The van der Waals surface area contributed by atoms with Crippen molar-refractivity contribution in [3.8, 4) is 0 Å². The number of nitrogens with zero attached hydrogens (tertiary/aromatic N) is 1. The van der Waals surface area contributed by atoms with Crippen LogP contribution < -0.4 is 4.72 Å². The lowest BCUT2D eigenvalue weighted by atomic mass is 9.92. The monoisotopic (exact) mass is 384 g/mol. The summed E-state index contributed by atoms with van der Waals surface area (Å²) in [7, 11) is -3.25. The minimum atomic E-state index is -3.25. The van der Waals surface area contributed by atoms with E-state index in [9.17, 15) is 8.42 Å². The molecule has 3 unspecified atom stereocenters. The summed E-state index contributed by atoms with van der Waals surface area (Å²) in [6.45, 7) is 5.69. The number of anilines is 1. The van der Waals surface area contributed by atoms with Crippen LogP contribution in [-0.2, 0) is 21.9 Å². The third kappa shape index (κ3) is 3.76. The lowest BCUT2D eigenvalue weighted by Crippen LogP contribution is -2.30. The molecular weight excluding hydrogens is 356 g/mol. The topological polar surface area (TPSA) is 49.4 Å². The maximum Gasteiger partial charge on any atom is 0.229 e. The fourth-order valence-electron chi connectivity index (χ4n) is 5.00. The Morgan fingerprint density at radius 3 is 2.67 bits per heavy atom. The molecule has 4 nitrogen and oxygen atoms in total. The molecule has 3 atom stereocenters. The van der Waals surface area contributed by atoms with E-state index in [0.29, 0.717) is 17.5 Å². The molecule has 2 aliphatic rings. The van der Waals surface area contributed by atoms with E-state index in [4.69, 9.17) is 0 Å². The normalized spacial score (nSPS) is 27.3. The number of nitrogens with one attached hydrogen (secondary N) is 1. The molecule has 0 aromatic heterocycles. The molecule has 5 heteroatoms. The largest absolute Gasteiger partial charge is 0.302 e. The van der Waals surface area contributed by atoms with E-state index >= 15 is 0 Å². The van der Waals surface area contributed by atoms with E-state index in [-0.39, 0.29) is 5.41 Å². The van der Waals surface area contributed by atoms with Crippen LogP contribution in [0.5, 0.6) is 0 Å². The zero-order valence-electron chi connectivity index (χ0n) is 16.1. The van der Waals surface area contributed by atoms with E-state index < -0.39 is 10.0 Å². The summed E-state index contributed by atoms with van der Waals surface area (Å²) in [5, 5.41) is 0. The highest BCUT2D eigenvalue weighted by atomic mass is 32.2. The van der Waals surface area contributed by atoms with Crippen molar-refractivity contribution < 1.29 is 8.42 Å². The fraction of sp³-hybridized carbons (Fsp3) is 0.455. The summed E-state index contributed by atoms with van der Waals surface area (Å²) in [6, 6.07) is 18.7. The fourth-order valence-corrected chi connectivity index (χ4v) is 5.55. The third-order valence-corrected chi connectivity index (χ3v) is 7.00. The summed E-state index contributed by atoms with van der Waals surface area (Å²) < 4.78 is 25.7. The Bertz CT molecular complexity index is 913. The van der Waals surface area contributed by atoms with Gasteiger partial charge in [-0.1, -0.05) is 49.4 Å². The van der Waals surface area contributed by atoms with Crippen molar-refractivity contribution in [2.45, 2.75) is 25.2 Å². The summed E-state index contributed by atoms with van der Waals surface area (Å²) in [4.78, 5) is 2.59. The number of benzene rings is 2. The zero-order chi connectivity index (χ0) is 19.1. The predicted octanol–water partition coefficient (Wildman–Crippen LogP) is 3.51. The number of fused-ring (bicyclic) bond motifs is 1. The molecule has 0 amide bonds. The van der Waals surface area contributed by atoms with Crippen molar-refractivity contribution in [3.05, 3.63) is 65.7 Å². The lowest BCUT2D eigenvalue weighted by Gasteiger charge is -2.23. The van der Waals surface area contributed by atoms with Gasteiger partial charge in [0.05, 0.1) is 6.26 Å². The molecule has 2 aromatic rings. The molecular formula is C22H28N2O2S.